The smallest absolute Gasteiger partial charge is 0.306 e. The molecule has 2 unspecified atom stereocenters. The molecule has 0 amide bonds. The number of phosphoric ester groups is 1. The molecule has 0 spiro atoms. The number of hydrogen-bond donors (Lipinski definition) is 0. The summed E-state index contributed by atoms with van der Waals surface area (Å²) in [6.45, 7) is 5.30. The molecular formula is C37H72NO7P. The van der Waals surface area contributed by atoms with Gasteiger partial charge in [-0.15, -0.1) is 0 Å². The van der Waals surface area contributed by atoms with E-state index in [1.807, 2.05) is 21.1 Å². The molecule has 0 aromatic carbocycles. The quantitative estimate of drug-likeness (QED) is 0.0221. The van der Waals surface area contributed by atoms with E-state index in [-0.39, 0.29) is 25.8 Å². The molecule has 0 rings (SSSR count). The zero-order chi connectivity index (χ0) is 34.2. The Labute approximate surface area is 283 Å². The lowest BCUT2D eigenvalue weighted by Gasteiger charge is -2.28. The Morgan fingerprint density at radius 1 is 0.652 bits per heavy atom. The monoisotopic (exact) mass is 674 g/mol. The molecule has 0 saturated carbocycles. The fourth-order valence-electron chi connectivity index (χ4n) is 4.78. The summed E-state index contributed by atoms with van der Waals surface area (Å²) >= 11 is 0. The highest BCUT2D eigenvalue weighted by molar-refractivity contribution is 7.45. The molecule has 9 heteroatoms. The van der Waals surface area contributed by atoms with Gasteiger partial charge in [0.2, 0.25) is 0 Å². The maximum atomic E-state index is 12.6. The SMILES string of the molecule is CCC/C=C\CCCCCCCCOCC(COP(=O)([O-])OCC[N+](C)(C)C)OC(=O)CCCCCCC/C=C\CCCCCC. The van der Waals surface area contributed by atoms with Gasteiger partial charge >= 0.3 is 5.97 Å². The molecule has 46 heavy (non-hydrogen) atoms. The molecule has 0 bridgehead atoms. The van der Waals surface area contributed by atoms with Crippen molar-refractivity contribution >= 4 is 13.8 Å². The van der Waals surface area contributed by atoms with Crippen LogP contribution in [0.25, 0.3) is 0 Å². The Kier molecular flexibility index (Phi) is 30.6. The molecule has 272 valence electrons. The third-order valence-electron chi connectivity index (χ3n) is 7.71. The third kappa shape index (κ3) is 34.3. The van der Waals surface area contributed by atoms with Crippen molar-refractivity contribution < 1.29 is 37.3 Å². The van der Waals surface area contributed by atoms with Crippen LogP contribution in [-0.4, -0.2) is 70.7 Å². The van der Waals surface area contributed by atoms with Gasteiger partial charge in [-0.1, -0.05) is 109 Å². The molecule has 0 aliphatic rings. The number of hydrogen-bond acceptors (Lipinski definition) is 7. The lowest BCUT2D eigenvalue weighted by atomic mass is 10.1. The van der Waals surface area contributed by atoms with E-state index < -0.39 is 13.9 Å². The number of allylic oxidation sites excluding steroid dienone is 4. The molecule has 0 aromatic rings. The van der Waals surface area contributed by atoms with Crippen LogP contribution < -0.4 is 4.89 Å². The number of carbonyl (C=O) groups excluding carboxylic acids is 1. The molecule has 0 N–H and O–H groups in total. The minimum atomic E-state index is -4.51. The average Bonchev–Trinajstić information content (AvgIpc) is 2.99. The Morgan fingerprint density at radius 2 is 1.17 bits per heavy atom. The first kappa shape index (κ1) is 45.0. The van der Waals surface area contributed by atoms with Gasteiger partial charge in [0.05, 0.1) is 34.4 Å². The van der Waals surface area contributed by atoms with Crippen molar-refractivity contribution in [2.24, 2.45) is 0 Å². The third-order valence-corrected chi connectivity index (χ3v) is 8.67. The highest BCUT2D eigenvalue weighted by atomic mass is 31.2. The summed E-state index contributed by atoms with van der Waals surface area (Å²) in [5.41, 5.74) is 0. The molecule has 2 atom stereocenters. The van der Waals surface area contributed by atoms with Gasteiger partial charge in [-0.3, -0.25) is 9.36 Å². The lowest BCUT2D eigenvalue weighted by molar-refractivity contribution is -0.870. The van der Waals surface area contributed by atoms with Crippen LogP contribution in [0.2, 0.25) is 0 Å². The van der Waals surface area contributed by atoms with E-state index >= 15 is 0 Å². The van der Waals surface area contributed by atoms with Crippen LogP contribution in [0.3, 0.4) is 0 Å². The van der Waals surface area contributed by atoms with Crippen molar-refractivity contribution in [1.82, 2.24) is 0 Å². The number of likely N-dealkylation sites (N-methyl/N-ethyl adjacent to an activating group) is 1. The maximum Gasteiger partial charge on any atom is 0.306 e. The van der Waals surface area contributed by atoms with Crippen LogP contribution in [0.4, 0.5) is 0 Å². The van der Waals surface area contributed by atoms with Gasteiger partial charge < -0.3 is 27.9 Å². The summed E-state index contributed by atoms with van der Waals surface area (Å²) in [6.07, 6.45) is 31.8. The van der Waals surface area contributed by atoms with Crippen molar-refractivity contribution in [3.8, 4) is 0 Å². The van der Waals surface area contributed by atoms with E-state index in [1.54, 1.807) is 0 Å². The molecule has 0 aliphatic heterocycles. The molecule has 0 aliphatic carbocycles. The highest BCUT2D eigenvalue weighted by Crippen LogP contribution is 2.38. The van der Waals surface area contributed by atoms with Crippen LogP contribution in [0, 0.1) is 0 Å². The van der Waals surface area contributed by atoms with E-state index in [0.29, 0.717) is 24.1 Å². The van der Waals surface area contributed by atoms with Gasteiger partial charge in [-0.2, -0.15) is 0 Å². The number of carbonyl (C=O) groups is 1. The first-order valence-corrected chi connectivity index (χ1v) is 20.0. The molecular weight excluding hydrogens is 601 g/mol. The maximum absolute atomic E-state index is 12.6. The largest absolute Gasteiger partial charge is 0.756 e. The topological polar surface area (TPSA) is 94.1 Å². The first-order chi connectivity index (χ1) is 22.1. The fraction of sp³-hybridized carbons (Fsp3) is 0.865. The van der Waals surface area contributed by atoms with Gasteiger partial charge in [-0.25, -0.2) is 0 Å². The van der Waals surface area contributed by atoms with Gasteiger partial charge in [0, 0.05) is 13.0 Å². The van der Waals surface area contributed by atoms with Crippen LogP contribution in [0.5, 0.6) is 0 Å². The van der Waals surface area contributed by atoms with Crippen LogP contribution >= 0.6 is 7.82 Å². The zero-order valence-corrected chi connectivity index (χ0v) is 31.4. The number of phosphoric acid groups is 1. The number of unbranched alkanes of at least 4 members (excludes halogenated alkanes) is 16. The normalized spacial score (nSPS) is 14.3. The summed E-state index contributed by atoms with van der Waals surface area (Å²) in [4.78, 5) is 24.9. The lowest BCUT2D eigenvalue weighted by Crippen LogP contribution is -2.37. The highest BCUT2D eigenvalue weighted by Gasteiger charge is 2.20. The fourth-order valence-corrected chi connectivity index (χ4v) is 5.50. The Morgan fingerprint density at radius 3 is 1.74 bits per heavy atom. The second-order valence-corrected chi connectivity index (χ2v) is 15.0. The Bertz CT molecular complexity index is 797. The molecule has 0 aromatic heterocycles. The second-order valence-electron chi connectivity index (χ2n) is 13.6. The minimum Gasteiger partial charge on any atom is -0.756 e. The van der Waals surface area contributed by atoms with Gasteiger partial charge in [0.1, 0.15) is 19.3 Å². The average molecular weight is 674 g/mol. The molecule has 0 radical (unpaired) electrons. The van der Waals surface area contributed by atoms with Gasteiger partial charge in [0.25, 0.3) is 7.82 Å². The van der Waals surface area contributed by atoms with Crippen LogP contribution in [-0.2, 0) is 27.9 Å². The Balaban J connectivity index is 4.34. The molecule has 0 heterocycles. The van der Waals surface area contributed by atoms with E-state index in [9.17, 15) is 14.3 Å². The number of rotatable bonds is 34. The molecule has 0 fully saturated rings. The number of ether oxygens (including phenoxy) is 2. The summed E-state index contributed by atoms with van der Waals surface area (Å²) in [5, 5.41) is 0. The first-order valence-electron chi connectivity index (χ1n) is 18.6. The van der Waals surface area contributed by atoms with Gasteiger partial charge in [0.15, 0.2) is 0 Å². The number of nitrogens with zero attached hydrogens (tertiary/aromatic N) is 1. The van der Waals surface area contributed by atoms with Crippen molar-refractivity contribution in [3.63, 3.8) is 0 Å². The van der Waals surface area contributed by atoms with E-state index in [2.05, 4.69) is 38.2 Å². The van der Waals surface area contributed by atoms with Crippen molar-refractivity contribution in [1.29, 1.82) is 0 Å². The standard InChI is InChI=1S/C37H72NO7P/c1-6-8-10-12-14-16-18-19-20-22-24-26-28-30-37(39)45-36(35-44-46(40,41)43-33-31-38(3,4)5)34-42-32-29-27-25-23-21-17-15-13-11-9-7-2/h11,13,16,18,36H,6-10,12,14-15,17,19-35H2,1-5H3/b13-11-,18-16-. The van der Waals surface area contributed by atoms with Gasteiger partial charge in [-0.05, 0) is 57.8 Å². The predicted molar refractivity (Wildman–Crippen MR) is 190 cm³/mol. The number of esters is 1. The summed E-state index contributed by atoms with van der Waals surface area (Å²) in [7, 11) is 1.34. The van der Waals surface area contributed by atoms with Crippen molar-refractivity contribution in [2.75, 3.05) is 54.1 Å². The van der Waals surface area contributed by atoms with Crippen molar-refractivity contribution in [3.05, 3.63) is 24.3 Å². The summed E-state index contributed by atoms with van der Waals surface area (Å²) in [6, 6.07) is 0. The van der Waals surface area contributed by atoms with Crippen LogP contribution in [0.1, 0.15) is 149 Å². The second kappa shape index (κ2) is 31.3. The van der Waals surface area contributed by atoms with E-state index in [4.69, 9.17) is 18.5 Å². The number of quaternary nitrogens is 1. The van der Waals surface area contributed by atoms with E-state index in [1.165, 1.54) is 83.5 Å². The molecule has 0 saturated heterocycles. The Hall–Kier alpha value is -1.02. The summed E-state index contributed by atoms with van der Waals surface area (Å²) in [5.74, 6) is -0.348. The van der Waals surface area contributed by atoms with Crippen LogP contribution in [0.15, 0.2) is 24.3 Å². The summed E-state index contributed by atoms with van der Waals surface area (Å²) < 4.78 is 34.3. The molecule has 8 nitrogen and oxygen atoms in total. The zero-order valence-electron chi connectivity index (χ0n) is 30.5. The van der Waals surface area contributed by atoms with E-state index in [0.717, 1.165) is 44.9 Å². The van der Waals surface area contributed by atoms with Crippen molar-refractivity contribution in [2.45, 2.75) is 155 Å². The minimum absolute atomic E-state index is 0.0239. The predicted octanol–water partition coefficient (Wildman–Crippen LogP) is 9.47.